The van der Waals surface area contributed by atoms with Crippen molar-refractivity contribution in [2.45, 2.75) is 25.8 Å². The van der Waals surface area contributed by atoms with Gasteiger partial charge in [-0.2, -0.15) is 0 Å². The summed E-state index contributed by atoms with van der Waals surface area (Å²) in [6.45, 7) is 2.33. The molecule has 1 aromatic carbocycles. The SMILES string of the molecule is CCCOC(=O)[C@@H](N)Cc1ccc(O)cc1. The topological polar surface area (TPSA) is 72.5 Å². The van der Waals surface area contributed by atoms with E-state index in [0.717, 1.165) is 12.0 Å². The molecule has 4 heteroatoms. The molecule has 0 aliphatic heterocycles. The number of hydrogen-bond donors (Lipinski definition) is 2. The third kappa shape index (κ3) is 3.90. The Hall–Kier alpha value is -1.55. The van der Waals surface area contributed by atoms with Gasteiger partial charge < -0.3 is 15.6 Å². The van der Waals surface area contributed by atoms with E-state index >= 15 is 0 Å². The van der Waals surface area contributed by atoms with Gasteiger partial charge in [0.25, 0.3) is 0 Å². The Balaban J connectivity index is 2.47. The number of aromatic hydroxyl groups is 1. The molecule has 0 aliphatic carbocycles. The molecule has 0 fully saturated rings. The van der Waals surface area contributed by atoms with Crippen LogP contribution < -0.4 is 5.73 Å². The standard InChI is InChI=1S/C12H17NO3/c1-2-7-16-12(15)11(13)8-9-3-5-10(14)6-4-9/h3-6,11,14H,2,7-8,13H2,1H3/t11-/m0/s1. The van der Waals surface area contributed by atoms with Gasteiger partial charge in [-0.1, -0.05) is 19.1 Å². The molecule has 0 radical (unpaired) electrons. The number of rotatable bonds is 5. The van der Waals surface area contributed by atoms with Crippen molar-refractivity contribution >= 4 is 5.97 Å². The number of esters is 1. The Labute approximate surface area is 95.0 Å². The predicted octanol–water partition coefficient (Wildman–Crippen LogP) is 1.22. The maximum atomic E-state index is 11.4. The maximum Gasteiger partial charge on any atom is 0.323 e. The molecule has 0 bridgehead atoms. The summed E-state index contributed by atoms with van der Waals surface area (Å²) >= 11 is 0. The van der Waals surface area contributed by atoms with Gasteiger partial charge in [-0.25, -0.2) is 0 Å². The second-order valence-electron chi connectivity index (χ2n) is 3.64. The third-order valence-electron chi connectivity index (χ3n) is 2.14. The van der Waals surface area contributed by atoms with Gasteiger partial charge in [-0.05, 0) is 30.5 Å². The van der Waals surface area contributed by atoms with Crippen LogP contribution in [0.3, 0.4) is 0 Å². The van der Waals surface area contributed by atoms with E-state index in [4.69, 9.17) is 15.6 Å². The molecule has 3 N–H and O–H groups in total. The van der Waals surface area contributed by atoms with Crippen LogP contribution in [0.25, 0.3) is 0 Å². The molecule has 1 aromatic rings. The van der Waals surface area contributed by atoms with Gasteiger partial charge in [0, 0.05) is 0 Å². The summed E-state index contributed by atoms with van der Waals surface area (Å²) in [6, 6.07) is 5.97. The lowest BCUT2D eigenvalue weighted by Gasteiger charge is -2.10. The number of carbonyl (C=O) groups excluding carboxylic acids is 1. The van der Waals surface area contributed by atoms with E-state index in [1.54, 1.807) is 24.3 Å². The fourth-order valence-electron chi connectivity index (χ4n) is 1.28. The van der Waals surface area contributed by atoms with Crippen LogP contribution in [0.15, 0.2) is 24.3 Å². The molecular weight excluding hydrogens is 206 g/mol. The number of benzene rings is 1. The highest BCUT2D eigenvalue weighted by molar-refractivity contribution is 5.75. The minimum atomic E-state index is -0.643. The van der Waals surface area contributed by atoms with Crippen LogP contribution >= 0.6 is 0 Å². The van der Waals surface area contributed by atoms with Gasteiger partial charge in [0.05, 0.1) is 6.61 Å². The summed E-state index contributed by atoms with van der Waals surface area (Å²) in [6.07, 6.45) is 1.21. The molecule has 88 valence electrons. The average Bonchev–Trinajstić information content (AvgIpc) is 2.29. The zero-order valence-corrected chi connectivity index (χ0v) is 9.35. The van der Waals surface area contributed by atoms with Crippen molar-refractivity contribution in [1.82, 2.24) is 0 Å². The lowest BCUT2D eigenvalue weighted by Crippen LogP contribution is -2.34. The summed E-state index contributed by atoms with van der Waals surface area (Å²) in [5.41, 5.74) is 6.59. The first-order chi connectivity index (χ1) is 7.63. The summed E-state index contributed by atoms with van der Waals surface area (Å²) in [7, 11) is 0. The van der Waals surface area contributed by atoms with Gasteiger partial charge in [-0.3, -0.25) is 4.79 Å². The van der Waals surface area contributed by atoms with Crippen LogP contribution in [0.5, 0.6) is 5.75 Å². The van der Waals surface area contributed by atoms with Gasteiger partial charge in [0.2, 0.25) is 0 Å². The van der Waals surface area contributed by atoms with E-state index in [-0.39, 0.29) is 11.7 Å². The summed E-state index contributed by atoms with van der Waals surface area (Å²) < 4.78 is 4.94. The van der Waals surface area contributed by atoms with E-state index in [1.807, 2.05) is 6.92 Å². The van der Waals surface area contributed by atoms with Crippen molar-refractivity contribution in [1.29, 1.82) is 0 Å². The van der Waals surface area contributed by atoms with Crippen molar-refractivity contribution in [2.24, 2.45) is 5.73 Å². The lowest BCUT2D eigenvalue weighted by atomic mass is 10.1. The number of phenolic OH excluding ortho intramolecular Hbond substituents is 1. The zero-order chi connectivity index (χ0) is 12.0. The van der Waals surface area contributed by atoms with Crippen molar-refractivity contribution in [3.05, 3.63) is 29.8 Å². The van der Waals surface area contributed by atoms with E-state index < -0.39 is 6.04 Å². The molecule has 0 spiro atoms. The van der Waals surface area contributed by atoms with Crippen molar-refractivity contribution in [3.8, 4) is 5.75 Å². The molecule has 0 saturated heterocycles. The molecular formula is C12H17NO3. The third-order valence-corrected chi connectivity index (χ3v) is 2.14. The number of ether oxygens (including phenoxy) is 1. The molecule has 0 aliphatic rings. The van der Waals surface area contributed by atoms with Gasteiger partial charge in [0.15, 0.2) is 0 Å². The molecule has 4 nitrogen and oxygen atoms in total. The Bertz CT molecular complexity index is 335. The smallest absolute Gasteiger partial charge is 0.323 e. The molecule has 1 atom stereocenters. The quantitative estimate of drug-likeness (QED) is 0.736. The monoisotopic (exact) mass is 223 g/mol. The van der Waals surface area contributed by atoms with Crippen molar-refractivity contribution in [2.75, 3.05) is 6.61 Å². The summed E-state index contributed by atoms with van der Waals surface area (Å²) in [5.74, 6) is -0.180. The van der Waals surface area contributed by atoms with Gasteiger partial charge in [0.1, 0.15) is 11.8 Å². The summed E-state index contributed by atoms with van der Waals surface area (Å²) in [4.78, 5) is 11.4. The zero-order valence-electron chi connectivity index (χ0n) is 9.35. The van der Waals surface area contributed by atoms with Crippen LogP contribution in [0.1, 0.15) is 18.9 Å². The maximum absolute atomic E-state index is 11.4. The molecule has 0 heterocycles. The van der Waals surface area contributed by atoms with Gasteiger partial charge in [-0.15, -0.1) is 0 Å². The Kier molecular flexibility index (Phi) is 4.79. The second kappa shape index (κ2) is 6.12. The first-order valence-electron chi connectivity index (χ1n) is 5.33. The number of carbonyl (C=O) groups is 1. The highest BCUT2D eigenvalue weighted by atomic mass is 16.5. The highest BCUT2D eigenvalue weighted by Crippen LogP contribution is 2.11. The van der Waals surface area contributed by atoms with Crippen LogP contribution in [0.2, 0.25) is 0 Å². The Morgan fingerprint density at radius 1 is 1.44 bits per heavy atom. The van der Waals surface area contributed by atoms with Crippen molar-refractivity contribution < 1.29 is 14.6 Å². The van der Waals surface area contributed by atoms with Crippen LogP contribution in [0, 0.1) is 0 Å². The molecule has 0 saturated carbocycles. The Morgan fingerprint density at radius 2 is 2.06 bits per heavy atom. The summed E-state index contributed by atoms with van der Waals surface area (Å²) in [5, 5.41) is 9.09. The van der Waals surface area contributed by atoms with Crippen LogP contribution in [0.4, 0.5) is 0 Å². The van der Waals surface area contributed by atoms with Crippen molar-refractivity contribution in [3.63, 3.8) is 0 Å². The number of hydrogen-bond acceptors (Lipinski definition) is 4. The normalized spacial score (nSPS) is 12.1. The van der Waals surface area contributed by atoms with E-state index in [2.05, 4.69) is 0 Å². The van der Waals surface area contributed by atoms with E-state index in [9.17, 15) is 4.79 Å². The molecule has 1 rings (SSSR count). The molecule has 0 aromatic heterocycles. The second-order valence-corrected chi connectivity index (χ2v) is 3.64. The molecule has 0 amide bonds. The minimum Gasteiger partial charge on any atom is -0.508 e. The number of phenols is 1. The molecule has 16 heavy (non-hydrogen) atoms. The minimum absolute atomic E-state index is 0.200. The predicted molar refractivity (Wildman–Crippen MR) is 61.0 cm³/mol. The number of nitrogens with two attached hydrogens (primary N) is 1. The van der Waals surface area contributed by atoms with Crippen LogP contribution in [-0.2, 0) is 16.0 Å². The molecule has 0 unspecified atom stereocenters. The van der Waals surface area contributed by atoms with Gasteiger partial charge >= 0.3 is 5.97 Å². The lowest BCUT2D eigenvalue weighted by molar-refractivity contribution is -0.145. The fourth-order valence-corrected chi connectivity index (χ4v) is 1.28. The highest BCUT2D eigenvalue weighted by Gasteiger charge is 2.15. The first-order valence-corrected chi connectivity index (χ1v) is 5.33. The van der Waals surface area contributed by atoms with Crippen LogP contribution in [-0.4, -0.2) is 23.7 Å². The van der Waals surface area contributed by atoms with E-state index in [0.29, 0.717) is 13.0 Å². The van der Waals surface area contributed by atoms with E-state index in [1.165, 1.54) is 0 Å². The Morgan fingerprint density at radius 3 is 2.62 bits per heavy atom. The average molecular weight is 223 g/mol. The fraction of sp³-hybridized carbons (Fsp3) is 0.417. The largest absolute Gasteiger partial charge is 0.508 e. The first kappa shape index (κ1) is 12.5.